The molecule has 148 valence electrons. The van der Waals surface area contributed by atoms with Crippen LogP contribution in [0.2, 0.25) is 0 Å². The lowest BCUT2D eigenvalue weighted by molar-refractivity contribution is -0.301. The van der Waals surface area contributed by atoms with Crippen molar-refractivity contribution in [1.29, 1.82) is 0 Å². The van der Waals surface area contributed by atoms with Crippen molar-refractivity contribution in [2.45, 2.75) is 56.0 Å². The van der Waals surface area contributed by atoms with Crippen molar-refractivity contribution < 1.29 is 47.7 Å². The van der Waals surface area contributed by atoms with Gasteiger partial charge < -0.3 is 35.6 Å². The van der Waals surface area contributed by atoms with E-state index in [1.165, 1.54) is 0 Å². The highest BCUT2D eigenvalue weighted by atomic mass is 32.2. The zero-order valence-corrected chi connectivity index (χ0v) is 14.3. The smallest absolute Gasteiger partial charge is 0.264 e. The molecule has 12 heteroatoms. The lowest BCUT2D eigenvalue weighted by atomic mass is 9.99. The fraction of sp³-hybridized carbons (Fsp3) is 0.923. The summed E-state index contributed by atoms with van der Waals surface area (Å²) in [6.45, 7) is -0.955. The summed E-state index contributed by atoms with van der Waals surface area (Å²) in [5.74, 6) is -0.864. The van der Waals surface area contributed by atoms with Gasteiger partial charge in [0.05, 0.1) is 25.0 Å². The molecule has 0 saturated carbocycles. The molecular weight excluding hydrogens is 362 g/mol. The molecule has 0 bridgehead atoms. The quantitative estimate of drug-likeness (QED) is 0.163. The minimum absolute atomic E-state index is 0.0191. The zero-order valence-electron chi connectivity index (χ0n) is 13.5. The predicted molar refractivity (Wildman–Crippen MR) is 83.0 cm³/mol. The van der Waals surface area contributed by atoms with Crippen LogP contribution in [-0.4, -0.2) is 94.9 Å². The van der Waals surface area contributed by atoms with Crippen molar-refractivity contribution >= 4 is 15.9 Å². The van der Waals surface area contributed by atoms with Gasteiger partial charge in [-0.1, -0.05) is 0 Å². The number of aliphatic hydroxyl groups is 4. The Morgan fingerprint density at radius 2 is 1.80 bits per heavy atom. The largest absolute Gasteiger partial charge is 0.394 e. The predicted octanol–water partition coefficient (Wildman–Crippen LogP) is -3.24. The molecule has 1 aliphatic rings. The molecule has 1 rings (SSSR count). The maximum absolute atomic E-state index is 11.8. The second kappa shape index (κ2) is 9.85. The fourth-order valence-electron chi connectivity index (χ4n) is 2.27. The van der Waals surface area contributed by atoms with E-state index in [4.69, 9.17) is 24.9 Å². The van der Waals surface area contributed by atoms with Gasteiger partial charge >= 0.3 is 0 Å². The number of hydrogen-bond donors (Lipinski definition) is 6. The Kier molecular flexibility index (Phi) is 8.80. The van der Waals surface area contributed by atoms with E-state index in [0.717, 1.165) is 0 Å². The number of ether oxygens (including phenoxy) is 2. The van der Waals surface area contributed by atoms with Crippen LogP contribution in [0.5, 0.6) is 0 Å². The third kappa shape index (κ3) is 7.21. The van der Waals surface area contributed by atoms with E-state index in [1.54, 1.807) is 0 Å². The molecule has 0 aromatic carbocycles. The first-order chi connectivity index (χ1) is 11.6. The van der Waals surface area contributed by atoms with E-state index in [1.807, 2.05) is 0 Å². The van der Waals surface area contributed by atoms with E-state index < -0.39 is 65.0 Å². The minimum atomic E-state index is -4.07. The summed E-state index contributed by atoms with van der Waals surface area (Å²) in [4.78, 5) is 11.8. The number of carbonyl (C=O) groups is 1. The summed E-state index contributed by atoms with van der Waals surface area (Å²) in [5, 5.41) is 38.1. The summed E-state index contributed by atoms with van der Waals surface area (Å²) in [5.41, 5.74) is 5.64. The Labute approximate surface area is 145 Å². The maximum atomic E-state index is 11.8. The van der Waals surface area contributed by atoms with Crippen LogP contribution in [0.1, 0.15) is 19.3 Å². The van der Waals surface area contributed by atoms with Gasteiger partial charge in [-0.25, -0.2) is 0 Å². The normalized spacial score (nSPS) is 31.7. The molecule has 0 aliphatic carbocycles. The van der Waals surface area contributed by atoms with Crippen LogP contribution in [-0.2, 0) is 24.4 Å². The van der Waals surface area contributed by atoms with Crippen molar-refractivity contribution in [3.63, 3.8) is 0 Å². The van der Waals surface area contributed by atoms with E-state index >= 15 is 0 Å². The first kappa shape index (κ1) is 22.3. The number of aliphatic hydroxyl groups excluding tert-OH is 4. The average molecular weight is 387 g/mol. The van der Waals surface area contributed by atoms with Gasteiger partial charge in [-0.15, -0.1) is 0 Å². The lowest BCUT2D eigenvalue weighted by Gasteiger charge is -2.39. The summed E-state index contributed by atoms with van der Waals surface area (Å²) >= 11 is 0. The molecule has 1 aliphatic heterocycles. The summed E-state index contributed by atoms with van der Waals surface area (Å²) < 4.78 is 39.9. The third-order valence-electron chi connectivity index (χ3n) is 3.78. The van der Waals surface area contributed by atoms with Crippen molar-refractivity contribution in [3.8, 4) is 0 Å². The Hall–Kier alpha value is -0.700. The maximum Gasteiger partial charge on any atom is 0.264 e. The van der Waals surface area contributed by atoms with Crippen LogP contribution >= 0.6 is 0 Å². The monoisotopic (exact) mass is 387 g/mol. The van der Waals surface area contributed by atoms with Gasteiger partial charge in [-0.2, -0.15) is 8.42 Å². The molecule has 0 aromatic rings. The first-order valence-corrected chi connectivity index (χ1v) is 9.33. The van der Waals surface area contributed by atoms with Gasteiger partial charge in [0.2, 0.25) is 0 Å². The molecule has 6 atom stereocenters. The van der Waals surface area contributed by atoms with Gasteiger partial charge in [0.1, 0.15) is 24.4 Å². The van der Waals surface area contributed by atoms with E-state index in [9.17, 15) is 28.5 Å². The molecule has 25 heavy (non-hydrogen) atoms. The minimum Gasteiger partial charge on any atom is -0.394 e. The van der Waals surface area contributed by atoms with E-state index in [2.05, 4.69) is 0 Å². The number of ketones is 1. The van der Waals surface area contributed by atoms with Crippen molar-refractivity contribution in [2.24, 2.45) is 5.73 Å². The molecule has 1 unspecified atom stereocenters. The fourth-order valence-corrected chi connectivity index (χ4v) is 2.83. The van der Waals surface area contributed by atoms with Crippen LogP contribution in [0.4, 0.5) is 0 Å². The van der Waals surface area contributed by atoms with Crippen molar-refractivity contribution in [2.75, 3.05) is 19.0 Å². The molecule has 0 spiro atoms. The van der Waals surface area contributed by atoms with Gasteiger partial charge in [0.25, 0.3) is 10.1 Å². The highest BCUT2D eigenvalue weighted by Crippen LogP contribution is 2.22. The van der Waals surface area contributed by atoms with Crippen molar-refractivity contribution in [1.82, 2.24) is 0 Å². The Bertz CT molecular complexity index is 525. The third-order valence-corrected chi connectivity index (χ3v) is 4.58. The van der Waals surface area contributed by atoms with Crippen LogP contribution in [0.3, 0.4) is 0 Å². The van der Waals surface area contributed by atoms with Crippen LogP contribution in [0.25, 0.3) is 0 Å². The van der Waals surface area contributed by atoms with Gasteiger partial charge in [-0.05, 0) is 12.8 Å². The van der Waals surface area contributed by atoms with Gasteiger partial charge in [-0.3, -0.25) is 9.35 Å². The molecule has 11 nitrogen and oxygen atoms in total. The van der Waals surface area contributed by atoms with Crippen molar-refractivity contribution in [3.05, 3.63) is 0 Å². The van der Waals surface area contributed by atoms with E-state index in [-0.39, 0.29) is 25.9 Å². The molecule has 0 aromatic heterocycles. The lowest BCUT2D eigenvalue weighted by Crippen LogP contribution is -2.59. The number of unbranched alkanes of at least 4 members (excludes halogenated alkanes) is 1. The molecule has 7 N–H and O–H groups in total. The number of rotatable bonds is 10. The number of Topliss-reactive ketones (excluding diaryl/α,β-unsaturated/α-hetero) is 1. The molecule has 1 heterocycles. The summed E-state index contributed by atoms with van der Waals surface area (Å²) in [7, 11) is -4.07. The standard InChI is InChI=1S/C13H25NO10S/c14-7(8(16)3-1-2-4-25(20,21)22)6-23-13-12(19)11(18)10(17)9(5-15)24-13/h7,9-13,15,17-19H,1-6,14H2,(H,20,21,22)/t7-,9+,10+,11-,12+,13?/m0/s1. The van der Waals surface area contributed by atoms with Gasteiger partial charge in [0, 0.05) is 6.42 Å². The van der Waals surface area contributed by atoms with Crippen LogP contribution in [0, 0.1) is 0 Å². The van der Waals surface area contributed by atoms with Crippen LogP contribution < -0.4 is 5.73 Å². The first-order valence-electron chi connectivity index (χ1n) is 7.72. The molecular formula is C13H25NO10S. The summed E-state index contributed by atoms with van der Waals surface area (Å²) in [6.07, 6.45) is -6.91. The van der Waals surface area contributed by atoms with E-state index in [0.29, 0.717) is 0 Å². The Morgan fingerprint density at radius 3 is 2.36 bits per heavy atom. The summed E-state index contributed by atoms with van der Waals surface area (Å²) in [6, 6.07) is -1.07. The SMILES string of the molecule is N[C@@H](COC1O[C@H](CO)[C@@H](O)[C@H](O)[C@H]1O)C(=O)CCCCS(=O)(=O)O. The topological polar surface area (TPSA) is 197 Å². The average Bonchev–Trinajstić information content (AvgIpc) is 2.54. The van der Waals surface area contributed by atoms with Crippen LogP contribution in [0.15, 0.2) is 0 Å². The highest BCUT2D eigenvalue weighted by molar-refractivity contribution is 7.85. The number of nitrogens with two attached hydrogens (primary N) is 1. The second-order valence-electron chi connectivity index (χ2n) is 5.85. The number of carbonyl (C=O) groups excluding carboxylic acids is 1. The Balaban J connectivity index is 2.39. The Morgan fingerprint density at radius 1 is 1.16 bits per heavy atom. The zero-order chi connectivity index (χ0) is 19.2. The van der Waals surface area contributed by atoms with Gasteiger partial charge in [0.15, 0.2) is 12.1 Å². The molecule has 1 fully saturated rings. The number of hydrogen-bond acceptors (Lipinski definition) is 10. The second-order valence-corrected chi connectivity index (χ2v) is 7.42. The molecule has 1 saturated heterocycles. The highest BCUT2D eigenvalue weighted by Gasteiger charge is 2.44. The molecule has 0 amide bonds. The molecule has 0 radical (unpaired) electrons.